The Morgan fingerprint density at radius 2 is 1.57 bits per heavy atom. The lowest BCUT2D eigenvalue weighted by Gasteiger charge is -2.28. The van der Waals surface area contributed by atoms with E-state index in [4.69, 9.17) is 4.74 Å². The van der Waals surface area contributed by atoms with Crippen LogP contribution in [-0.4, -0.2) is 22.2 Å². The molecule has 0 aliphatic heterocycles. The highest BCUT2D eigenvalue weighted by Gasteiger charge is 2.38. The van der Waals surface area contributed by atoms with Crippen LogP contribution in [0.25, 0.3) is 22.0 Å². The van der Waals surface area contributed by atoms with Gasteiger partial charge in [0.15, 0.2) is 0 Å². The van der Waals surface area contributed by atoms with E-state index in [0.29, 0.717) is 29.0 Å². The third-order valence-electron chi connectivity index (χ3n) is 5.22. The van der Waals surface area contributed by atoms with Crippen molar-refractivity contribution in [3.05, 3.63) is 59.3 Å². The molecule has 0 aliphatic rings. The topological polar surface area (TPSA) is 54.1 Å². The Bertz CT molecular complexity index is 1230. The molecule has 4 nitrogen and oxygen atoms in total. The zero-order valence-electron chi connectivity index (χ0n) is 19.8. The molecule has 0 fully saturated rings. The third-order valence-corrected chi connectivity index (χ3v) is 5.22. The molecule has 10 heteroatoms. The molecule has 0 bridgehead atoms. The van der Waals surface area contributed by atoms with Crippen LogP contribution in [0.3, 0.4) is 0 Å². The quantitative estimate of drug-likeness (QED) is 0.361. The second-order valence-corrected chi connectivity index (χ2v) is 9.99. The van der Waals surface area contributed by atoms with E-state index in [0.717, 1.165) is 6.07 Å². The fourth-order valence-corrected chi connectivity index (χ4v) is 3.87. The summed E-state index contributed by atoms with van der Waals surface area (Å²) < 4.78 is 85.7. The highest BCUT2D eigenvalue weighted by molar-refractivity contribution is 5.97. The summed E-state index contributed by atoms with van der Waals surface area (Å²) >= 11 is 0. The number of carbonyl (C=O) groups excluding carboxylic acids is 1. The van der Waals surface area contributed by atoms with E-state index in [1.54, 1.807) is 52.9 Å². The molecule has 1 aromatic heterocycles. The Kier molecular flexibility index (Phi) is 6.65. The van der Waals surface area contributed by atoms with E-state index in [1.165, 1.54) is 6.07 Å². The molecule has 0 unspecified atom stereocenters. The van der Waals surface area contributed by atoms with E-state index >= 15 is 0 Å². The summed E-state index contributed by atoms with van der Waals surface area (Å²) in [5, 5.41) is 3.37. The Morgan fingerprint density at radius 3 is 2.14 bits per heavy atom. The summed E-state index contributed by atoms with van der Waals surface area (Å²) in [6.07, 6.45) is -8.58. The van der Waals surface area contributed by atoms with Crippen molar-refractivity contribution in [3.8, 4) is 11.1 Å². The molecule has 0 saturated carbocycles. The van der Waals surface area contributed by atoms with Crippen molar-refractivity contribution in [2.24, 2.45) is 0 Å². The lowest BCUT2D eigenvalue weighted by Crippen LogP contribution is -2.47. The van der Waals surface area contributed by atoms with Crippen molar-refractivity contribution in [3.63, 3.8) is 0 Å². The first kappa shape index (κ1) is 26.4. The Morgan fingerprint density at radius 1 is 0.914 bits per heavy atom. The molecular formula is C25H26F6N2O2. The molecule has 190 valence electrons. The number of alkyl halides is 6. The van der Waals surface area contributed by atoms with Gasteiger partial charge < -0.3 is 15.0 Å². The molecule has 1 amide bonds. The summed E-state index contributed by atoms with van der Waals surface area (Å²) in [4.78, 5) is 15.2. The van der Waals surface area contributed by atoms with Gasteiger partial charge in [0.1, 0.15) is 5.60 Å². The number of hydrogen-bond acceptors (Lipinski definition) is 2. The maximum absolute atomic E-state index is 13.7. The van der Waals surface area contributed by atoms with E-state index in [2.05, 4.69) is 10.3 Å². The van der Waals surface area contributed by atoms with E-state index in [1.807, 2.05) is 0 Å². The Hall–Kier alpha value is -3.17. The minimum atomic E-state index is -4.99. The van der Waals surface area contributed by atoms with Crippen LogP contribution in [-0.2, 0) is 23.5 Å². The number of rotatable bonds is 4. The minimum absolute atomic E-state index is 0.118. The number of halogens is 6. The van der Waals surface area contributed by atoms with E-state index in [-0.39, 0.29) is 17.2 Å². The van der Waals surface area contributed by atoms with Gasteiger partial charge in [0, 0.05) is 22.7 Å². The van der Waals surface area contributed by atoms with Crippen LogP contribution >= 0.6 is 0 Å². The largest absolute Gasteiger partial charge is 0.444 e. The molecule has 2 aromatic carbocycles. The predicted octanol–water partition coefficient (Wildman–Crippen LogP) is 7.72. The zero-order valence-corrected chi connectivity index (χ0v) is 19.8. The maximum atomic E-state index is 13.7. The average molecular weight is 500 g/mol. The number of H-pyrrole nitrogens is 1. The smallest absolute Gasteiger partial charge is 0.417 e. The number of para-hydroxylation sites is 1. The molecule has 0 atom stereocenters. The lowest BCUT2D eigenvalue weighted by molar-refractivity contribution is -0.142. The van der Waals surface area contributed by atoms with Gasteiger partial charge >= 0.3 is 18.4 Å². The average Bonchev–Trinajstić information content (AvgIpc) is 3.06. The molecule has 1 heterocycles. The van der Waals surface area contributed by atoms with Gasteiger partial charge in [0.25, 0.3) is 0 Å². The Balaban J connectivity index is 2.02. The number of carbonyl (C=O) groups is 1. The maximum Gasteiger partial charge on any atom is 0.417 e. The second-order valence-electron chi connectivity index (χ2n) is 9.99. The van der Waals surface area contributed by atoms with Crippen molar-refractivity contribution < 1.29 is 35.9 Å². The summed E-state index contributed by atoms with van der Waals surface area (Å²) in [6.45, 7) is 8.75. The first-order valence-corrected chi connectivity index (χ1v) is 10.8. The number of aromatic amines is 1. The summed E-state index contributed by atoms with van der Waals surface area (Å²) in [6, 6.07) is 6.28. The van der Waals surface area contributed by atoms with Gasteiger partial charge in [-0.1, -0.05) is 24.3 Å². The van der Waals surface area contributed by atoms with Crippen molar-refractivity contribution in [1.82, 2.24) is 10.3 Å². The van der Waals surface area contributed by atoms with Gasteiger partial charge in [-0.05, 0) is 64.3 Å². The third kappa shape index (κ3) is 6.29. The molecule has 0 radical (unpaired) electrons. The van der Waals surface area contributed by atoms with Gasteiger partial charge in [-0.3, -0.25) is 0 Å². The molecular weight excluding hydrogens is 474 g/mol. The zero-order chi connectivity index (χ0) is 26.4. The SMILES string of the molecule is CC(C)(Cc1c[nH]c2c(-c3ccc(C(F)(F)F)cc3C(F)(F)F)cccc12)NC(=O)OC(C)(C)C. The normalized spacial score (nSPS) is 13.2. The summed E-state index contributed by atoms with van der Waals surface area (Å²) in [7, 11) is 0. The van der Waals surface area contributed by atoms with Crippen molar-refractivity contribution in [2.75, 3.05) is 0 Å². The molecule has 3 rings (SSSR count). The Labute approximate surface area is 198 Å². The first-order chi connectivity index (χ1) is 15.9. The van der Waals surface area contributed by atoms with Crippen molar-refractivity contribution >= 4 is 17.0 Å². The fourth-order valence-electron chi connectivity index (χ4n) is 3.87. The minimum Gasteiger partial charge on any atom is -0.444 e. The highest BCUT2D eigenvalue weighted by Crippen LogP contribution is 2.42. The van der Waals surface area contributed by atoms with Gasteiger partial charge in [0.05, 0.1) is 16.6 Å². The lowest BCUT2D eigenvalue weighted by atomic mass is 9.92. The van der Waals surface area contributed by atoms with Crippen LogP contribution in [0.1, 0.15) is 51.3 Å². The van der Waals surface area contributed by atoms with Gasteiger partial charge in [-0.15, -0.1) is 0 Å². The van der Waals surface area contributed by atoms with Crippen LogP contribution in [0.2, 0.25) is 0 Å². The van der Waals surface area contributed by atoms with Crippen LogP contribution in [0, 0.1) is 0 Å². The number of amides is 1. The van der Waals surface area contributed by atoms with Crippen LogP contribution in [0.15, 0.2) is 42.6 Å². The van der Waals surface area contributed by atoms with Gasteiger partial charge in [-0.2, -0.15) is 26.3 Å². The molecule has 0 spiro atoms. The number of hydrogen-bond donors (Lipinski definition) is 2. The van der Waals surface area contributed by atoms with E-state index in [9.17, 15) is 31.1 Å². The number of aromatic nitrogens is 1. The molecule has 2 N–H and O–H groups in total. The van der Waals surface area contributed by atoms with Crippen molar-refractivity contribution in [1.29, 1.82) is 0 Å². The molecule has 35 heavy (non-hydrogen) atoms. The summed E-state index contributed by atoms with van der Waals surface area (Å²) in [5.74, 6) is 0. The van der Waals surface area contributed by atoms with E-state index < -0.39 is 40.7 Å². The molecule has 3 aromatic rings. The number of alkyl carbamates (subject to hydrolysis) is 1. The summed E-state index contributed by atoms with van der Waals surface area (Å²) in [5.41, 5.74) is -3.38. The number of nitrogens with one attached hydrogen (secondary N) is 2. The monoisotopic (exact) mass is 500 g/mol. The number of ether oxygens (including phenoxy) is 1. The van der Waals surface area contributed by atoms with Crippen LogP contribution in [0.5, 0.6) is 0 Å². The fraction of sp³-hybridized carbons (Fsp3) is 0.400. The van der Waals surface area contributed by atoms with Crippen LogP contribution in [0.4, 0.5) is 31.1 Å². The number of fused-ring (bicyclic) bond motifs is 1. The van der Waals surface area contributed by atoms with Gasteiger partial charge in [-0.25, -0.2) is 4.79 Å². The second kappa shape index (κ2) is 8.80. The van der Waals surface area contributed by atoms with Crippen molar-refractivity contribution in [2.45, 2.75) is 64.5 Å². The molecule has 0 saturated heterocycles. The molecule has 0 aliphatic carbocycles. The standard InChI is InChI=1S/C25H26F6N2O2/c1-22(2,3)35-21(34)33-23(4,5)12-14-13-32-20-16(14)7-6-8-18(20)17-10-9-15(24(26,27)28)11-19(17)25(29,30)31/h6-11,13,32H,12H2,1-5H3,(H,33,34). The number of benzene rings is 2. The first-order valence-electron chi connectivity index (χ1n) is 10.8. The van der Waals surface area contributed by atoms with Gasteiger partial charge in [0.2, 0.25) is 0 Å². The van der Waals surface area contributed by atoms with Crippen LogP contribution < -0.4 is 5.32 Å². The highest BCUT2D eigenvalue weighted by atomic mass is 19.4. The predicted molar refractivity (Wildman–Crippen MR) is 121 cm³/mol.